The monoisotopic (exact) mass is 308 g/mol. The highest BCUT2D eigenvalue weighted by molar-refractivity contribution is 6.32. The van der Waals surface area contributed by atoms with Gasteiger partial charge in [-0.2, -0.15) is 0 Å². The summed E-state index contributed by atoms with van der Waals surface area (Å²) in [6.45, 7) is 0. The van der Waals surface area contributed by atoms with Gasteiger partial charge in [0.15, 0.2) is 11.6 Å². The molecule has 0 bridgehead atoms. The van der Waals surface area contributed by atoms with Crippen molar-refractivity contribution in [3.05, 3.63) is 40.6 Å². The van der Waals surface area contributed by atoms with E-state index >= 15 is 0 Å². The fraction of sp³-hybridized carbons (Fsp3) is 0.0909. The van der Waals surface area contributed by atoms with Gasteiger partial charge in [0.05, 0.1) is 10.6 Å². The highest BCUT2D eigenvalue weighted by Gasteiger charge is 2.33. The fourth-order valence-electron chi connectivity index (χ4n) is 1.37. The Kier molecular flexibility index (Phi) is 3.82. The summed E-state index contributed by atoms with van der Waals surface area (Å²) < 4.78 is 40.9. The van der Waals surface area contributed by atoms with Gasteiger partial charge in [-0.1, -0.05) is 29.3 Å². The van der Waals surface area contributed by atoms with Crippen molar-refractivity contribution in [1.82, 2.24) is 9.97 Å². The molecule has 2 rings (SSSR count). The summed E-state index contributed by atoms with van der Waals surface area (Å²) >= 11 is 11.4. The van der Waals surface area contributed by atoms with E-state index in [4.69, 9.17) is 23.2 Å². The Morgan fingerprint density at radius 1 is 1.11 bits per heavy atom. The molecule has 2 aromatic rings. The summed E-state index contributed by atoms with van der Waals surface area (Å²) in [7, 11) is 0. The topological polar surface area (TPSA) is 35.0 Å². The fourth-order valence-corrected chi connectivity index (χ4v) is 1.72. The van der Waals surface area contributed by atoms with E-state index in [9.17, 15) is 13.2 Å². The number of halogens is 5. The lowest BCUT2D eigenvalue weighted by Crippen LogP contribution is -2.18. The molecule has 1 aromatic carbocycles. The molecule has 3 nitrogen and oxygen atoms in total. The van der Waals surface area contributed by atoms with E-state index < -0.39 is 12.1 Å². The SMILES string of the molecule is FC(F)(F)Oc1c(Cl)cccc1-c1nccc(Cl)n1. The van der Waals surface area contributed by atoms with Crippen LogP contribution in [0, 0.1) is 0 Å². The maximum absolute atomic E-state index is 12.3. The first-order valence-corrected chi connectivity index (χ1v) is 5.65. The molecule has 100 valence electrons. The molecule has 0 atom stereocenters. The molecule has 0 aliphatic carbocycles. The lowest BCUT2D eigenvalue weighted by Gasteiger charge is -2.13. The smallest absolute Gasteiger partial charge is 0.403 e. The molecule has 8 heteroatoms. The third kappa shape index (κ3) is 3.48. The van der Waals surface area contributed by atoms with E-state index in [0.717, 1.165) is 0 Å². The van der Waals surface area contributed by atoms with Gasteiger partial charge in [-0.15, -0.1) is 13.2 Å². The van der Waals surface area contributed by atoms with E-state index in [1.54, 1.807) is 0 Å². The minimum Gasteiger partial charge on any atom is -0.403 e. The molecule has 19 heavy (non-hydrogen) atoms. The van der Waals surface area contributed by atoms with Crippen molar-refractivity contribution in [2.75, 3.05) is 0 Å². The zero-order valence-corrected chi connectivity index (χ0v) is 10.6. The number of benzene rings is 1. The molecule has 0 unspecified atom stereocenters. The largest absolute Gasteiger partial charge is 0.573 e. The van der Waals surface area contributed by atoms with Crippen LogP contribution in [0.5, 0.6) is 5.75 Å². The quantitative estimate of drug-likeness (QED) is 0.774. The first-order valence-electron chi connectivity index (χ1n) is 4.90. The van der Waals surface area contributed by atoms with Gasteiger partial charge in [-0.25, -0.2) is 9.97 Å². The number of aromatic nitrogens is 2. The Morgan fingerprint density at radius 2 is 1.84 bits per heavy atom. The second-order valence-electron chi connectivity index (χ2n) is 3.37. The molecule has 0 fully saturated rings. The molecule has 0 aliphatic rings. The third-order valence-corrected chi connectivity index (χ3v) is 2.56. The lowest BCUT2D eigenvalue weighted by molar-refractivity contribution is -0.274. The number of alkyl halides is 3. The van der Waals surface area contributed by atoms with E-state index in [-0.39, 0.29) is 21.6 Å². The van der Waals surface area contributed by atoms with Gasteiger partial charge in [-0.05, 0) is 18.2 Å². The van der Waals surface area contributed by atoms with Crippen molar-refractivity contribution in [2.45, 2.75) is 6.36 Å². The second kappa shape index (κ2) is 5.22. The maximum Gasteiger partial charge on any atom is 0.573 e. The van der Waals surface area contributed by atoms with E-state index in [0.29, 0.717) is 0 Å². The van der Waals surface area contributed by atoms with Crippen LogP contribution in [-0.4, -0.2) is 16.3 Å². The highest BCUT2D eigenvalue weighted by atomic mass is 35.5. The number of hydrogen-bond acceptors (Lipinski definition) is 3. The standard InChI is InChI=1S/C11H5Cl2F3N2O/c12-7-3-1-2-6(9(7)19-11(14,15)16)10-17-5-4-8(13)18-10/h1-5H. The van der Waals surface area contributed by atoms with Crippen LogP contribution in [0.4, 0.5) is 13.2 Å². The van der Waals surface area contributed by atoms with Gasteiger partial charge in [0, 0.05) is 6.20 Å². The number of rotatable bonds is 2. The van der Waals surface area contributed by atoms with Crippen molar-refractivity contribution in [3.63, 3.8) is 0 Å². The lowest BCUT2D eigenvalue weighted by atomic mass is 10.2. The minimum atomic E-state index is -4.86. The molecule has 0 aliphatic heterocycles. The number of ether oxygens (including phenoxy) is 1. The van der Waals surface area contributed by atoms with Crippen LogP contribution in [0.25, 0.3) is 11.4 Å². The van der Waals surface area contributed by atoms with Gasteiger partial charge in [0.1, 0.15) is 5.15 Å². The summed E-state index contributed by atoms with van der Waals surface area (Å²) in [5.74, 6) is -0.562. The Balaban J connectivity index is 2.54. The van der Waals surface area contributed by atoms with Gasteiger partial charge in [0.2, 0.25) is 0 Å². The van der Waals surface area contributed by atoms with Crippen molar-refractivity contribution >= 4 is 23.2 Å². The van der Waals surface area contributed by atoms with Crippen LogP contribution in [0.1, 0.15) is 0 Å². The zero-order valence-electron chi connectivity index (χ0n) is 9.08. The predicted molar refractivity (Wildman–Crippen MR) is 64.2 cm³/mol. The van der Waals surface area contributed by atoms with Gasteiger partial charge >= 0.3 is 6.36 Å². The van der Waals surface area contributed by atoms with Crippen LogP contribution in [0.3, 0.4) is 0 Å². The average Bonchev–Trinajstić information content (AvgIpc) is 2.30. The number of hydrogen-bond donors (Lipinski definition) is 0. The van der Waals surface area contributed by atoms with Gasteiger partial charge < -0.3 is 4.74 Å². The number of nitrogens with zero attached hydrogens (tertiary/aromatic N) is 2. The van der Waals surface area contributed by atoms with Crippen molar-refractivity contribution < 1.29 is 17.9 Å². The van der Waals surface area contributed by atoms with Crippen LogP contribution < -0.4 is 4.74 Å². The Morgan fingerprint density at radius 3 is 2.47 bits per heavy atom. The molecule has 0 saturated heterocycles. The Hall–Kier alpha value is -1.53. The zero-order chi connectivity index (χ0) is 14.0. The maximum atomic E-state index is 12.3. The van der Waals surface area contributed by atoms with E-state index in [2.05, 4.69) is 14.7 Å². The first-order chi connectivity index (χ1) is 8.87. The summed E-state index contributed by atoms with van der Waals surface area (Å²) in [6, 6.07) is 5.50. The van der Waals surface area contributed by atoms with Gasteiger partial charge in [-0.3, -0.25) is 0 Å². The van der Waals surface area contributed by atoms with E-state index in [1.165, 1.54) is 30.5 Å². The normalized spacial score (nSPS) is 11.4. The van der Waals surface area contributed by atoms with Crippen molar-refractivity contribution in [2.24, 2.45) is 0 Å². The highest BCUT2D eigenvalue weighted by Crippen LogP contribution is 2.38. The van der Waals surface area contributed by atoms with Gasteiger partial charge in [0.25, 0.3) is 0 Å². The molecular weight excluding hydrogens is 304 g/mol. The predicted octanol–water partition coefficient (Wildman–Crippen LogP) is 4.35. The van der Waals surface area contributed by atoms with Crippen molar-refractivity contribution in [1.29, 1.82) is 0 Å². The summed E-state index contributed by atoms with van der Waals surface area (Å²) in [5.41, 5.74) is 0.00678. The summed E-state index contributed by atoms with van der Waals surface area (Å²) in [5, 5.41) is -0.0960. The van der Waals surface area contributed by atoms with Crippen molar-refractivity contribution in [3.8, 4) is 17.1 Å². The van der Waals surface area contributed by atoms with Crippen LogP contribution >= 0.6 is 23.2 Å². The summed E-state index contributed by atoms with van der Waals surface area (Å²) in [4.78, 5) is 7.66. The van der Waals surface area contributed by atoms with Crippen LogP contribution in [0.2, 0.25) is 10.2 Å². The van der Waals surface area contributed by atoms with Crippen LogP contribution in [0.15, 0.2) is 30.5 Å². The van der Waals surface area contributed by atoms with E-state index in [1.807, 2.05) is 0 Å². The molecular formula is C11H5Cl2F3N2O. The second-order valence-corrected chi connectivity index (χ2v) is 4.16. The minimum absolute atomic E-state index is 0.00532. The molecule has 0 N–H and O–H groups in total. The molecule has 0 amide bonds. The molecule has 1 aromatic heterocycles. The Labute approximate surface area is 116 Å². The molecule has 0 spiro atoms. The van der Waals surface area contributed by atoms with Crippen LogP contribution in [-0.2, 0) is 0 Å². The summed E-state index contributed by atoms with van der Waals surface area (Å²) in [6.07, 6.45) is -3.54. The molecule has 1 heterocycles. The first kappa shape index (κ1) is 13.9. The molecule has 0 saturated carbocycles. The average molecular weight is 309 g/mol. The Bertz CT molecular complexity index is 605. The number of para-hydroxylation sites is 1. The molecule has 0 radical (unpaired) electrons. The third-order valence-electron chi connectivity index (χ3n) is 2.05.